The quantitative estimate of drug-likeness (QED) is 0.582. The molecule has 0 aromatic heterocycles. The highest BCUT2D eigenvalue weighted by Gasteiger charge is 2.08. The van der Waals surface area contributed by atoms with Crippen molar-refractivity contribution in [1.29, 1.82) is 0 Å². The zero-order chi connectivity index (χ0) is 12.6. The second-order valence-electron chi connectivity index (χ2n) is 3.62. The van der Waals surface area contributed by atoms with E-state index in [2.05, 4.69) is 10.6 Å². The van der Waals surface area contributed by atoms with Crippen LogP contribution in [0.3, 0.4) is 0 Å². The molecule has 0 rings (SSSR count). The van der Waals surface area contributed by atoms with Crippen LogP contribution in [-0.2, 0) is 15.6 Å². The van der Waals surface area contributed by atoms with Crippen LogP contribution in [0.4, 0.5) is 4.79 Å². The van der Waals surface area contributed by atoms with E-state index in [0.29, 0.717) is 18.8 Å². The second-order valence-corrected chi connectivity index (χ2v) is 5.17. The highest BCUT2D eigenvalue weighted by Crippen LogP contribution is 1.98. The van der Waals surface area contributed by atoms with Gasteiger partial charge in [0.15, 0.2) is 0 Å². The summed E-state index contributed by atoms with van der Waals surface area (Å²) in [6.07, 6.45) is 1.59. The van der Waals surface area contributed by atoms with Crippen molar-refractivity contribution in [3.8, 4) is 0 Å². The Bertz CT molecular complexity index is 270. The maximum absolute atomic E-state index is 11.1. The summed E-state index contributed by atoms with van der Waals surface area (Å²) >= 11 is 0. The van der Waals surface area contributed by atoms with Gasteiger partial charge in [0.25, 0.3) is 0 Å². The van der Waals surface area contributed by atoms with Crippen LogP contribution in [0.25, 0.3) is 0 Å². The fraction of sp³-hybridized carbons (Fsp3) is 0.778. The van der Waals surface area contributed by atoms with Crippen LogP contribution in [0.5, 0.6) is 0 Å². The first-order valence-corrected chi connectivity index (χ1v) is 6.68. The second kappa shape index (κ2) is 8.09. The molecule has 0 aromatic carbocycles. The first-order chi connectivity index (χ1) is 7.41. The van der Waals surface area contributed by atoms with Crippen molar-refractivity contribution in [3.63, 3.8) is 0 Å². The molecule has 2 atom stereocenters. The van der Waals surface area contributed by atoms with Crippen molar-refractivity contribution in [3.05, 3.63) is 0 Å². The Morgan fingerprint density at radius 1 is 1.38 bits per heavy atom. The summed E-state index contributed by atoms with van der Waals surface area (Å²) in [6.45, 7) is 2.41. The van der Waals surface area contributed by atoms with Crippen molar-refractivity contribution in [2.75, 3.05) is 25.1 Å². The Hall–Kier alpha value is -1.11. The van der Waals surface area contributed by atoms with E-state index in [-0.39, 0.29) is 18.4 Å². The molecule has 0 aromatic rings. The van der Waals surface area contributed by atoms with Crippen molar-refractivity contribution < 1.29 is 18.9 Å². The van der Waals surface area contributed by atoms with E-state index in [1.807, 2.05) is 0 Å². The summed E-state index contributed by atoms with van der Waals surface area (Å²) < 4.78 is 10.7. The average molecular weight is 250 g/mol. The van der Waals surface area contributed by atoms with Gasteiger partial charge in [-0.05, 0) is 5.92 Å². The van der Waals surface area contributed by atoms with Gasteiger partial charge in [0.2, 0.25) is 0 Å². The topological polar surface area (TPSA) is 95.5 Å². The van der Waals surface area contributed by atoms with E-state index in [4.69, 9.17) is 5.11 Å². The summed E-state index contributed by atoms with van der Waals surface area (Å²) in [4.78, 5) is 21.5. The number of hydrogen-bond donors (Lipinski definition) is 3. The number of carbonyl (C=O) groups is 2. The molecule has 0 aliphatic heterocycles. The Balaban J connectivity index is 3.57. The maximum atomic E-state index is 11.1. The molecule has 16 heavy (non-hydrogen) atoms. The fourth-order valence-electron chi connectivity index (χ4n) is 1.01. The molecule has 0 spiro atoms. The number of rotatable bonds is 7. The number of carboxylic acids is 1. The van der Waals surface area contributed by atoms with Crippen molar-refractivity contribution in [1.82, 2.24) is 10.6 Å². The lowest BCUT2D eigenvalue weighted by Crippen LogP contribution is -2.39. The number of carboxylic acid groups (broad SMARTS) is 1. The number of hydrogen-bond acceptors (Lipinski definition) is 3. The van der Waals surface area contributed by atoms with Crippen LogP contribution < -0.4 is 10.6 Å². The summed E-state index contributed by atoms with van der Waals surface area (Å²) in [7, 11) is -0.923. The summed E-state index contributed by atoms with van der Waals surface area (Å²) in [5.41, 5.74) is 0. The molecular formula is C9H18N2O4S. The zero-order valence-electron chi connectivity index (χ0n) is 9.49. The largest absolute Gasteiger partial charge is 0.481 e. The molecule has 3 N–H and O–H groups in total. The van der Waals surface area contributed by atoms with E-state index in [0.717, 1.165) is 0 Å². The monoisotopic (exact) mass is 250 g/mol. The van der Waals surface area contributed by atoms with E-state index in [1.165, 1.54) is 0 Å². The Kier molecular flexibility index (Phi) is 7.53. The minimum Gasteiger partial charge on any atom is -0.481 e. The fourth-order valence-corrected chi connectivity index (χ4v) is 1.40. The van der Waals surface area contributed by atoms with Crippen LogP contribution in [0, 0.1) is 5.92 Å². The molecule has 0 aliphatic rings. The molecule has 94 valence electrons. The third-order valence-electron chi connectivity index (χ3n) is 1.81. The van der Waals surface area contributed by atoms with Crippen LogP contribution in [0.15, 0.2) is 0 Å². The minimum absolute atomic E-state index is 0.0270. The molecular weight excluding hydrogens is 232 g/mol. The van der Waals surface area contributed by atoms with Gasteiger partial charge in [-0.3, -0.25) is 9.00 Å². The predicted octanol–water partition coefficient (Wildman–Crippen LogP) is -0.225. The summed E-state index contributed by atoms with van der Waals surface area (Å²) in [6, 6.07) is -0.359. The van der Waals surface area contributed by atoms with Gasteiger partial charge in [-0.2, -0.15) is 0 Å². The van der Waals surface area contributed by atoms with Crippen LogP contribution in [-0.4, -0.2) is 46.4 Å². The van der Waals surface area contributed by atoms with Gasteiger partial charge in [0.05, 0.1) is 0 Å². The molecule has 6 nitrogen and oxygen atoms in total. The van der Waals surface area contributed by atoms with Gasteiger partial charge in [0, 0.05) is 42.3 Å². The molecule has 0 aliphatic carbocycles. The van der Waals surface area contributed by atoms with Crippen molar-refractivity contribution >= 4 is 22.8 Å². The zero-order valence-corrected chi connectivity index (χ0v) is 10.3. The summed E-state index contributed by atoms with van der Waals surface area (Å²) in [5, 5.41) is 13.6. The smallest absolute Gasteiger partial charge is 0.314 e. The number of nitrogens with one attached hydrogen (secondary N) is 2. The van der Waals surface area contributed by atoms with Crippen molar-refractivity contribution in [2.45, 2.75) is 13.3 Å². The minimum atomic E-state index is -0.923. The molecule has 0 fully saturated rings. The van der Waals surface area contributed by atoms with Gasteiger partial charge in [0.1, 0.15) is 0 Å². The number of amides is 2. The summed E-state index contributed by atoms with van der Waals surface area (Å²) in [5.74, 6) is -0.572. The molecule has 2 unspecified atom stereocenters. The van der Waals surface area contributed by atoms with Gasteiger partial charge in [-0.25, -0.2) is 4.79 Å². The van der Waals surface area contributed by atoms with Crippen LogP contribution in [0.2, 0.25) is 0 Å². The lowest BCUT2D eigenvalue weighted by molar-refractivity contribution is -0.137. The molecule has 0 bridgehead atoms. The molecule has 2 amide bonds. The highest BCUT2D eigenvalue weighted by atomic mass is 32.2. The molecule has 0 heterocycles. The van der Waals surface area contributed by atoms with E-state index in [9.17, 15) is 13.8 Å². The molecule has 0 saturated heterocycles. The SMILES string of the molecule is CC(CNC(=O)NCCS(C)=O)CC(=O)O. The van der Waals surface area contributed by atoms with Gasteiger partial charge < -0.3 is 15.7 Å². The predicted molar refractivity (Wildman–Crippen MR) is 61.8 cm³/mol. The van der Waals surface area contributed by atoms with Gasteiger partial charge in [-0.15, -0.1) is 0 Å². The molecule has 0 saturated carbocycles. The maximum Gasteiger partial charge on any atom is 0.314 e. The van der Waals surface area contributed by atoms with Crippen LogP contribution in [0.1, 0.15) is 13.3 Å². The Labute approximate surface area is 97.3 Å². The Morgan fingerprint density at radius 2 is 2.00 bits per heavy atom. The standard InChI is InChI=1S/C9H18N2O4S/c1-7(5-8(12)13)6-11-9(14)10-3-4-16(2)15/h7H,3-6H2,1-2H3,(H,12,13)(H2,10,11,14). The Morgan fingerprint density at radius 3 is 2.50 bits per heavy atom. The third kappa shape index (κ3) is 9.45. The van der Waals surface area contributed by atoms with E-state index >= 15 is 0 Å². The first-order valence-electron chi connectivity index (χ1n) is 4.95. The number of urea groups is 1. The first kappa shape index (κ1) is 14.9. The third-order valence-corrected chi connectivity index (χ3v) is 2.59. The van der Waals surface area contributed by atoms with Crippen molar-refractivity contribution in [2.24, 2.45) is 5.92 Å². The van der Waals surface area contributed by atoms with Gasteiger partial charge >= 0.3 is 12.0 Å². The van der Waals surface area contributed by atoms with E-state index in [1.54, 1.807) is 13.2 Å². The number of aliphatic carboxylic acids is 1. The van der Waals surface area contributed by atoms with E-state index < -0.39 is 16.8 Å². The van der Waals surface area contributed by atoms with Gasteiger partial charge in [-0.1, -0.05) is 6.92 Å². The molecule has 0 radical (unpaired) electrons. The average Bonchev–Trinajstić information content (AvgIpc) is 2.13. The number of carbonyl (C=O) groups excluding carboxylic acids is 1. The molecule has 7 heteroatoms. The lowest BCUT2D eigenvalue weighted by Gasteiger charge is -2.10. The normalized spacial score (nSPS) is 13.9. The van der Waals surface area contributed by atoms with Crippen LogP contribution >= 0.6 is 0 Å². The highest BCUT2D eigenvalue weighted by molar-refractivity contribution is 7.84. The lowest BCUT2D eigenvalue weighted by atomic mass is 10.1.